The van der Waals surface area contributed by atoms with E-state index in [0.717, 1.165) is 0 Å². The minimum atomic E-state index is -0.609. The Morgan fingerprint density at radius 1 is 1.21 bits per heavy atom. The number of aromatic amines is 1. The molecule has 0 aliphatic heterocycles. The fourth-order valence-corrected chi connectivity index (χ4v) is 1.87. The molecule has 0 fully saturated rings. The molecule has 0 aliphatic rings. The highest BCUT2D eigenvalue weighted by Gasteiger charge is 2.24. The second kappa shape index (κ2) is 6.17. The molecule has 1 N–H and O–H groups in total. The molecule has 0 radical (unpaired) electrons. The van der Waals surface area contributed by atoms with Crippen LogP contribution in [-0.4, -0.2) is 36.4 Å². The summed E-state index contributed by atoms with van der Waals surface area (Å²) in [6.07, 6.45) is -0.349. The van der Waals surface area contributed by atoms with Crippen LogP contribution < -0.4 is 0 Å². The molecule has 104 valence electrons. The van der Waals surface area contributed by atoms with Crippen LogP contribution in [-0.2, 0) is 14.3 Å². The standard InChI is InChI=1S/C13H17NO5/c1-5-19-13(17)12-7(2)11(8(3)14-12)9(15)6-10(16)18-4/h14H,5-6H2,1-4H3. The van der Waals surface area contributed by atoms with Crippen molar-refractivity contribution < 1.29 is 23.9 Å². The van der Waals surface area contributed by atoms with Crippen LogP contribution in [0.5, 0.6) is 0 Å². The molecule has 1 heterocycles. The molecule has 0 amide bonds. The molecular formula is C13H17NO5. The molecule has 6 nitrogen and oxygen atoms in total. The number of nitrogens with one attached hydrogen (secondary N) is 1. The summed E-state index contributed by atoms with van der Waals surface area (Å²) in [5.41, 5.74) is 1.61. The average molecular weight is 267 g/mol. The highest BCUT2D eigenvalue weighted by molar-refractivity contribution is 6.09. The summed E-state index contributed by atoms with van der Waals surface area (Å²) in [7, 11) is 1.22. The lowest BCUT2D eigenvalue weighted by molar-refractivity contribution is -0.139. The first-order chi connectivity index (χ1) is 8.92. The lowest BCUT2D eigenvalue weighted by Gasteiger charge is -2.02. The third kappa shape index (κ3) is 3.21. The largest absolute Gasteiger partial charge is 0.469 e. The summed E-state index contributed by atoms with van der Waals surface area (Å²) in [4.78, 5) is 37.6. The summed E-state index contributed by atoms with van der Waals surface area (Å²) in [5.74, 6) is -1.50. The Morgan fingerprint density at radius 3 is 2.37 bits per heavy atom. The van der Waals surface area contributed by atoms with E-state index in [0.29, 0.717) is 16.8 Å². The van der Waals surface area contributed by atoms with Crippen molar-refractivity contribution in [1.29, 1.82) is 0 Å². The maximum atomic E-state index is 12.0. The fourth-order valence-electron chi connectivity index (χ4n) is 1.87. The van der Waals surface area contributed by atoms with Crippen LogP contribution in [0, 0.1) is 13.8 Å². The first-order valence-corrected chi connectivity index (χ1v) is 5.88. The van der Waals surface area contributed by atoms with Crippen molar-refractivity contribution in [3.8, 4) is 0 Å². The molecule has 6 heteroatoms. The Morgan fingerprint density at radius 2 is 1.84 bits per heavy atom. The number of ether oxygens (including phenoxy) is 2. The third-order valence-corrected chi connectivity index (χ3v) is 2.73. The molecule has 1 aromatic rings. The Labute approximate surface area is 111 Å². The number of hydrogen-bond acceptors (Lipinski definition) is 5. The van der Waals surface area contributed by atoms with Gasteiger partial charge in [0.25, 0.3) is 0 Å². The zero-order chi connectivity index (χ0) is 14.6. The first kappa shape index (κ1) is 14.9. The second-order valence-corrected chi connectivity index (χ2v) is 4.02. The number of carbonyl (C=O) groups is 3. The predicted molar refractivity (Wildman–Crippen MR) is 67.2 cm³/mol. The smallest absolute Gasteiger partial charge is 0.355 e. The normalized spacial score (nSPS) is 10.1. The minimum Gasteiger partial charge on any atom is -0.469 e. The van der Waals surface area contributed by atoms with Crippen molar-refractivity contribution in [3.63, 3.8) is 0 Å². The summed E-state index contributed by atoms with van der Waals surface area (Å²) in [6.45, 7) is 5.26. The van der Waals surface area contributed by atoms with Gasteiger partial charge >= 0.3 is 11.9 Å². The number of rotatable bonds is 5. The molecule has 0 bridgehead atoms. The maximum absolute atomic E-state index is 12.0. The van der Waals surface area contributed by atoms with E-state index in [9.17, 15) is 14.4 Å². The van der Waals surface area contributed by atoms with Gasteiger partial charge in [-0.3, -0.25) is 9.59 Å². The average Bonchev–Trinajstić information content (AvgIpc) is 2.65. The molecule has 0 unspecified atom stereocenters. The molecular weight excluding hydrogens is 250 g/mol. The van der Waals surface area contributed by atoms with Gasteiger partial charge in [-0.15, -0.1) is 0 Å². The van der Waals surface area contributed by atoms with Gasteiger partial charge in [0.1, 0.15) is 12.1 Å². The van der Waals surface area contributed by atoms with E-state index >= 15 is 0 Å². The van der Waals surface area contributed by atoms with Crippen LogP contribution in [0.25, 0.3) is 0 Å². The molecule has 0 saturated carbocycles. The van der Waals surface area contributed by atoms with E-state index in [-0.39, 0.29) is 24.5 Å². The zero-order valence-corrected chi connectivity index (χ0v) is 11.5. The van der Waals surface area contributed by atoms with Crippen LogP contribution >= 0.6 is 0 Å². The number of ketones is 1. The molecule has 0 aliphatic carbocycles. The van der Waals surface area contributed by atoms with Crippen molar-refractivity contribution in [2.75, 3.05) is 13.7 Å². The van der Waals surface area contributed by atoms with Crippen molar-refractivity contribution in [2.45, 2.75) is 27.2 Å². The van der Waals surface area contributed by atoms with Crippen LogP contribution in [0.15, 0.2) is 0 Å². The lowest BCUT2D eigenvalue weighted by Crippen LogP contribution is -2.11. The number of Topliss-reactive ketones (excluding diaryl/α,β-unsaturated/α-hetero) is 1. The SMILES string of the molecule is CCOC(=O)c1[nH]c(C)c(C(=O)CC(=O)OC)c1C. The quantitative estimate of drug-likeness (QED) is 0.497. The Balaban J connectivity index is 3.06. The summed E-state index contributed by atoms with van der Waals surface area (Å²) < 4.78 is 9.34. The first-order valence-electron chi connectivity index (χ1n) is 5.88. The van der Waals surface area contributed by atoms with Crippen LogP contribution in [0.3, 0.4) is 0 Å². The van der Waals surface area contributed by atoms with Gasteiger partial charge in [0, 0.05) is 11.3 Å². The van der Waals surface area contributed by atoms with Crippen LogP contribution in [0.2, 0.25) is 0 Å². The topological polar surface area (TPSA) is 85.5 Å². The van der Waals surface area contributed by atoms with Gasteiger partial charge in [0.2, 0.25) is 0 Å². The maximum Gasteiger partial charge on any atom is 0.355 e. The highest BCUT2D eigenvalue weighted by atomic mass is 16.5. The number of esters is 2. The fraction of sp³-hybridized carbons (Fsp3) is 0.462. The molecule has 0 spiro atoms. The van der Waals surface area contributed by atoms with Crippen LogP contribution in [0.4, 0.5) is 0 Å². The Kier molecular flexibility index (Phi) is 4.86. The highest BCUT2D eigenvalue weighted by Crippen LogP contribution is 2.20. The van der Waals surface area contributed by atoms with E-state index < -0.39 is 11.9 Å². The van der Waals surface area contributed by atoms with Gasteiger partial charge in [0.15, 0.2) is 5.78 Å². The number of aromatic nitrogens is 1. The van der Waals surface area contributed by atoms with Crippen molar-refractivity contribution >= 4 is 17.7 Å². The van der Waals surface area contributed by atoms with Gasteiger partial charge in [-0.05, 0) is 26.3 Å². The molecule has 1 aromatic heterocycles. The second-order valence-electron chi connectivity index (χ2n) is 4.02. The molecule has 1 rings (SSSR count). The van der Waals surface area contributed by atoms with Crippen molar-refractivity contribution in [1.82, 2.24) is 4.98 Å². The van der Waals surface area contributed by atoms with Gasteiger partial charge in [0.05, 0.1) is 13.7 Å². The summed E-state index contributed by atoms with van der Waals surface area (Å²) in [6, 6.07) is 0. The molecule has 0 atom stereocenters. The van der Waals surface area contributed by atoms with Gasteiger partial charge < -0.3 is 14.5 Å². The summed E-state index contributed by atoms with van der Waals surface area (Å²) >= 11 is 0. The van der Waals surface area contributed by atoms with Gasteiger partial charge in [-0.25, -0.2) is 4.79 Å². The Bertz CT molecular complexity index is 515. The predicted octanol–water partition coefficient (Wildman–Crippen LogP) is 1.55. The Hall–Kier alpha value is -2.11. The van der Waals surface area contributed by atoms with E-state index in [1.54, 1.807) is 20.8 Å². The number of aryl methyl sites for hydroxylation is 1. The molecule has 0 aromatic carbocycles. The lowest BCUT2D eigenvalue weighted by atomic mass is 10.0. The number of methoxy groups -OCH3 is 1. The summed E-state index contributed by atoms with van der Waals surface area (Å²) in [5, 5.41) is 0. The van der Waals surface area contributed by atoms with Gasteiger partial charge in [-0.1, -0.05) is 0 Å². The molecule has 0 saturated heterocycles. The van der Waals surface area contributed by atoms with Crippen LogP contribution in [0.1, 0.15) is 45.4 Å². The monoisotopic (exact) mass is 267 g/mol. The number of carbonyl (C=O) groups excluding carboxylic acids is 3. The minimum absolute atomic E-state index is 0.243. The van der Waals surface area contributed by atoms with Crippen molar-refractivity contribution in [3.05, 3.63) is 22.5 Å². The van der Waals surface area contributed by atoms with E-state index in [1.807, 2.05) is 0 Å². The van der Waals surface area contributed by atoms with E-state index in [1.165, 1.54) is 7.11 Å². The zero-order valence-electron chi connectivity index (χ0n) is 11.5. The third-order valence-electron chi connectivity index (χ3n) is 2.73. The molecule has 19 heavy (non-hydrogen) atoms. The number of hydrogen-bond donors (Lipinski definition) is 1. The van der Waals surface area contributed by atoms with Crippen molar-refractivity contribution in [2.24, 2.45) is 0 Å². The van der Waals surface area contributed by atoms with E-state index in [2.05, 4.69) is 9.72 Å². The number of H-pyrrole nitrogens is 1. The van der Waals surface area contributed by atoms with Gasteiger partial charge in [-0.2, -0.15) is 0 Å². The van der Waals surface area contributed by atoms with E-state index in [4.69, 9.17) is 4.74 Å².